The number of nitrogens with one attached hydrogen (secondary N) is 1. The lowest BCUT2D eigenvalue weighted by atomic mass is 9.92. The minimum atomic E-state index is 0.779. The number of piperidine rings is 1. The van der Waals surface area contributed by atoms with Gasteiger partial charge in [-0.3, -0.25) is 0 Å². The van der Waals surface area contributed by atoms with Gasteiger partial charge < -0.3 is 10.2 Å². The summed E-state index contributed by atoms with van der Waals surface area (Å²) in [6, 6.07) is 0. The summed E-state index contributed by atoms with van der Waals surface area (Å²) >= 11 is 0. The van der Waals surface area contributed by atoms with E-state index in [-0.39, 0.29) is 0 Å². The van der Waals surface area contributed by atoms with Gasteiger partial charge in [-0.1, -0.05) is 13.3 Å². The molecule has 2 heteroatoms. The third-order valence-electron chi connectivity index (χ3n) is 5.95. The van der Waals surface area contributed by atoms with Crippen LogP contribution in [-0.2, 0) is 0 Å². The Morgan fingerprint density at radius 3 is 2.78 bits per heavy atom. The van der Waals surface area contributed by atoms with Crippen LogP contribution in [0.2, 0.25) is 0 Å². The van der Waals surface area contributed by atoms with Crippen molar-refractivity contribution in [1.29, 1.82) is 0 Å². The first-order valence-corrected chi connectivity index (χ1v) is 8.25. The van der Waals surface area contributed by atoms with E-state index in [1.807, 2.05) is 0 Å². The average molecular weight is 250 g/mol. The number of likely N-dealkylation sites (tertiary alicyclic amines) is 1. The first-order chi connectivity index (χ1) is 8.82. The molecule has 0 amide bonds. The molecule has 3 rings (SSSR count). The monoisotopic (exact) mass is 250 g/mol. The molecule has 0 bridgehead atoms. The number of nitrogens with zero attached hydrogens (tertiary/aromatic N) is 1. The van der Waals surface area contributed by atoms with Gasteiger partial charge in [0.15, 0.2) is 0 Å². The maximum atomic E-state index is 3.51. The number of hydrogen-bond donors (Lipinski definition) is 1. The smallest absolute Gasteiger partial charge is 0.00152 e. The van der Waals surface area contributed by atoms with Gasteiger partial charge in [-0.25, -0.2) is 0 Å². The van der Waals surface area contributed by atoms with Crippen molar-refractivity contribution in [3.63, 3.8) is 0 Å². The lowest BCUT2D eigenvalue weighted by molar-refractivity contribution is 0.233. The largest absolute Gasteiger partial charge is 0.317 e. The highest BCUT2D eigenvalue weighted by Crippen LogP contribution is 2.58. The molecule has 1 saturated carbocycles. The molecule has 1 spiro atoms. The Morgan fingerprint density at radius 1 is 1.17 bits per heavy atom. The number of rotatable bonds is 3. The van der Waals surface area contributed by atoms with Crippen molar-refractivity contribution in [3.8, 4) is 0 Å². The van der Waals surface area contributed by atoms with Gasteiger partial charge >= 0.3 is 0 Å². The topological polar surface area (TPSA) is 15.3 Å². The quantitative estimate of drug-likeness (QED) is 0.828. The molecule has 1 aliphatic carbocycles. The molecule has 1 N–H and O–H groups in total. The average Bonchev–Trinajstić information content (AvgIpc) is 3.11. The van der Waals surface area contributed by atoms with Crippen LogP contribution < -0.4 is 5.32 Å². The molecular weight excluding hydrogens is 220 g/mol. The van der Waals surface area contributed by atoms with E-state index in [9.17, 15) is 0 Å². The maximum absolute atomic E-state index is 3.51. The van der Waals surface area contributed by atoms with E-state index >= 15 is 0 Å². The second kappa shape index (κ2) is 5.50. The minimum Gasteiger partial charge on any atom is -0.317 e. The zero-order chi connectivity index (χ0) is 12.4. The van der Waals surface area contributed by atoms with E-state index in [2.05, 4.69) is 17.1 Å². The van der Waals surface area contributed by atoms with Gasteiger partial charge in [-0.05, 0) is 82.0 Å². The Hall–Kier alpha value is -0.0800. The summed E-state index contributed by atoms with van der Waals surface area (Å²) in [4.78, 5) is 2.79. The van der Waals surface area contributed by atoms with Crippen LogP contribution in [0.5, 0.6) is 0 Å². The number of hydrogen-bond acceptors (Lipinski definition) is 2. The third-order valence-corrected chi connectivity index (χ3v) is 5.95. The van der Waals surface area contributed by atoms with Crippen LogP contribution in [0.1, 0.15) is 51.9 Å². The molecule has 104 valence electrons. The second-order valence-corrected chi connectivity index (χ2v) is 7.02. The summed E-state index contributed by atoms with van der Waals surface area (Å²) in [5.74, 6) is 2.06. The van der Waals surface area contributed by atoms with Gasteiger partial charge in [0.2, 0.25) is 0 Å². The van der Waals surface area contributed by atoms with Crippen LogP contribution in [0.25, 0.3) is 0 Å². The van der Waals surface area contributed by atoms with Crippen molar-refractivity contribution >= 4 is 0 Å². The molecule has 2 saturated heterocycles. The van der Waals surface area contributed by atoms with Gasteiger partial charge in [0.05, 0.1) is 0 Å². The van der Waals surface area contributed by atoms with Crippen LogP contribution in [0.3, 0.4) is 0 Å². The van der Waals surface area contributed by atoms with E-state index in [1.165, 1.54) is 77.7 Å². The van der Waals surface area contributed by atoms with Crippen LogP contribution in [0.15, 0.2) is 0 Å². The molecule has 3 fully saturated rings. The molecule has 0 aromatic heterocycles. The van der Waals surface area contributed by atoms with Crippen LogP contribution in [-0.4, -0.2) is 37.6 Å². The van der Waals surface area contributed by atoms with E-state index in [0.29, 0.717) is 0 Å². The normalized spacial score (nSPS) is 36.5. The molecule has 2 heterocycles. The summed E-state index contributed by atoms with van der Waals surface area (Å²) in [5, 5.41) is 3.51. The Labute approximate surface area is 113 Å². The summed E-state index contributed by atoms with van der Waals surface area (Å²) in [6.45, 7) is 9.08. The first kappa shape index (κ1) is 12.9. The van der Waals surface area contributed by atoms with E-state index in [4.69, 9.17) is 0 Å². The van der Waals surface area contributed by atoms with Crippen LogP contribution in [0, 0.1) is 17.3 Å². The summed E-state index contributed by atoms with van der Waals surface area (Å²) in [6.07, 6.45) is 10.2. The SMILES string of the molecule is CCC1CCCN(CC2CC23CCNCC3)CC1. The van der Waals surface area contributed by atoms with Gasteiger partial charge in [0.25, 0.3) is 0 Å². The highest BCUT2D eigenvalue weighted by atomic mass is 15.1. The summed E-state index contributed by atoms with van der Waals surface area (Å²) in [7, 11) is 0. The van der Waals surface area contributed by atoms with Crippen molar-refractivity contribution in [2.45, 2.75) is 51.9 Å². The molecule has 18 heavy (non-hydrogen) atoms. The maximum Gasteiger partial charge on any atom is 0.00152 e. The molecule has 3 aliphatic rings. The predicted molar refractivity (Wildman–Crippen MR) is 76.7 cm³/mol. The highest BCUT2D eigenvalue weighted by Gasteiger charge is 2.53. The zero-order valence-electron chi connectivity index (χ0n) is 12.1. The van der Waals surface area contributed by atoms with E-state index in [1.54, 1.807) is 0 Å². The summed E-state index contributed by atoms with van der Waals surface area (Å²) < 4.78 is 0. The Morgan fingerprint density at radius 2 is 2.00 bits per heavy atom. The highest BCUT2D eigenvalue weighted by molar-refractivity contribution is 5.05. The van der Waals surface area contributed by atoms with Crippen molar-refractivity contribution in [2.75, 3.05) is 32.7 Å². The lowest BCUT2D eigenvalue weighted by Crippen LogP contribution is -2.33. The fourth-order valence-electron chi connectivity index (χ4n) is 4.35. The second-order valence-electron chi connectivity index (χ2n) is 7.02. The molecule has 0 aromatic carbocycles. The predicted octanol–water partition coefficient (Wildman–Crippen LogP) is 2.89. The van der Waals surface area contributed by atoms with E-state index < -0.39 is 0 Å². The lowest BCUT2D eigenvalue weighted by Gasteiger charge is -2.26. The van der Waals surface area contributed by atoms with E-state index in [0.717, 1.165) is 17.3 Å². The Kier molecular flexibility index (Phi) is 3.95. The van der Waals surface area contributed by atoms with Crippen molar-refractivity contribution in [1.82, 2.24) is 10.2 Å². The van der Waals surface area contributed by atoms with Crippen molar-refractivity contribution in [3.05, 3.63) is 0 Å². The standard InChI is InChI=1S/C16H30N2/c1-2-14-4-3-10-18(11-5-14)13-15-12-16(15)6-8-17-9-7-16/h14-15,17H,2-13H2,1H3. The molecule has 0 aromatic rings. The summed E-state index contributed by atoms with van der Waals surface area (Å²) in [5.41, 5.74) is 0.779. The van der Waals surface area contributed by atoms with Crippen LogP contribution >= 0.6 is 0 Å². The Balaban J connectivity index is 1.46. The Bertz CT molecular complexity index is 270. The molecule has 2 aliphatic heterocycles. The van der Waals surface area contributed by atoms with Crippen molar-refractivity contribution in [2.24, 2.45) is 17.3 Å². The van der Waals surface area contributed by atoms with Gasteiger partial charge in [-0.15, -0.1) is 0 Å². The van der Waals surface area contributed by atoms with Crippen LogP contribution in [0.4, 0.5) is 0 Å². The molecule has 2 nitrogen and oxygen atoms in total. The third kappa shape index (κ3) is 2.75. The molecule has 0 radical (unpaired) electrons. The van der Waals surface area contributed by atoms with Gasteiger partial charge in [0, 0.05) is 6.54 Å². The molecular formula is C16H30N2. The minimum absolute atomic E-state index is 0.779. The fourth-order valence-corrected chi connectivity index (χ4v) is 4.35. The van der Waals surface area contributed by atoms with Crippen molar-refractivity contribution < 1.29 is 0 Å². The van der Waals surface area contributed by atoms with Gasteiger partial charge in [-0.2, -0.15) is 0 Å². The first-order valence-electron chi connectivity index (χ1n) is 8.25. The zero-order valence-corrected chi connectivity index (χ0v) is 12.1. The molecule has 2 atom stereocenters. The molecule has 2 unspecified atom stereocenters. The fraction of sp³-hybridized carbons (Fsp3) is 1.00. The van der Waals surface area contributed by atoms with Gasteiger partial charge in [0.1, 0.15) is 0 Å².